The Morgan fingerprint density at radius 3 is 2.46 bits per heavy atom. The van der Waals surface area contributed by atoms with Gasteiger partial charge in [-0.2, -0.15) is 0 Å². The first kappa shape index (κ1) is 17.5. The van der Waals surface area contributed by atoms with Gasteiger partial charge in [0.2, 0.25) is 0 Å². The smallest absolute Gasteiger partial charge is 0.337 e. The number of esters is 1. The first-order valence-electron chi connectivity index (χ1n) is 7.37. The van der Waals surface area contributed by atoms with E-state index in [1.54, 1.807) is 42.5 Å². The molecular weight excluding hydrogens is 310 g/mol. The van der Waals surface area contributed by atoms with Crippen molar-refractivity contribution in [3.8, 4) is 5.75 Å². The van der Waals surface area contributed by atoms with Crippen LogP contribution in [0.5, 0.6) is 5.75 Å². The van der Waals surface area contributed by atoms with Gasteiger partial charge in [0, 0.05) is 0 Å². The van der Waals surface area contributed by atoms with E-state index in [4.69, 9.17) is 15.6 Å². The molecule has 3 N–H and O–H groups in total. The average Bonchev–Trinajstić information content (AvgIpc) is 2.60. The van der Waals surface area contributed by atoms with Crippen molar-refractivity contribution < 1.29 is 24.2 Å². The number of carboxylic acids is 1. The molecule has 0 saturated carbocycles. The van der Waals surface area contributed by atoms with E-state index in [2.05, 4.69) is 4.74 Å². The van der Waals surface area contributed by atoms with Gasteiger partial charge in [0.15, 0.2) is 0 Å². The Morgan fingerprint density at radius 2 is 1.83 bits per heavy atom. The van der Waals surface area contributed by atoms with Crippen LogP contribution in [-0.4, -0.2) is 30.2 Å². The average molecular weight is 329 g/mol. The maximum absolute atomic E-state index is 11.5. The highest BCUT2D eigenvalue weighted by molar-refractivity contribution is 5.89. The second-order valence-corrected chi connectivity index (χ2v) is 5.27. The monoisotopic (exact) mass is 329 g/mol. The number of carbonyl (C=O) groups excluding carboxylic acids is 1. The Balaban J connectivity index is 1.95. The van der Waals surface area contributed by atoms with E-state index in [1.165, 1.54) is 7.11 Å². The highest BCUT2D eigenvalue weighted by Gasteiger charge is 2.12. The molecule has 24 heavy (non-hydrogen) atoms. The zero-order chi connectivity index (χ0) is 17.5. The van der Waals surface area contributed by atoms with E-state index in [9.17, 15) is 9.59 Å². The third kappa shape index (κ3) is 4.82. The van der Waals surface area contributed by atoms with Crippen LogP contribution < -0.4 is 10.5 Å². The molecule has 0 aliphatic rings. The van der Waals surface area contributed by atoms with Crippen molar-refractivity contribution in [1.82, 2.24) is 0 Å². The topological polar surface area (TPSA) is 98.9 Å². The van der Waals surface area contributed by atoms with Gasteiger partial charge in [-0.25, -0.2) is 4.79 Å². The van der Waals surface area contributed by atoms with Crippen molar-refractivity contribution in [3.05, 3.63) is 65.2 Å². The number of carboxylic acid groups (broad SMARTS) is 1. The van der Waals surface area contributed by atoms with Crippen LogP contribution in [0.4, 0.5) is 0 Å². The van der Waals surface area contributed by atoms with Gasteiger partial charge in [-0.1, -0.05) is 24.3 Å². The number of rotatable bonds is 7. The highest BCUT2D eigenvalue weighted by Crippen LogP contribution is 2.16. The number of nitrogens with two attached hydrogens (primary N) is 1. The van der Waals surface area contributed by atoms with E-state index in [-0.39, 0.29) is 6.42 Å². The molecule has 6 nitrogen and oxygen atoms in total. The largest absolute Gasteiger partial charge is 0.489 e. The molecule has 0 fully saturated rings. The minimum atomic E-state index is -1.03. The molecule has 2 aromatic carbocycles. The maximum atomic E-state index is 11.5. The fraction of sp³-hybridized carbons (Fsp3) is 0.222. The molecule has 0 saturated heterocycles. The molecule has 2 aromatic rings. The molecule has 0 heterocycles. The molecule has 1 atom stereocenters. The minimum Gasteiger partial charge on any atom is -0.489 e. The maximum Gasteiger partial charge on any atom is 0.337 e. The summed E-state index contributed by atoms with van der Waals surface area (Å²) < 4.78 is 10.4. The lowest BCUT2D eigenvalue weighted by Crippen LogP contribution is -2.32. The first-order valence-corrected chi connectivity index (χ1v) is 7.37. The predicted octanol–water partition coefficient (Wildman–Crippen LogP) is 2.01. The lowest BCUT2D eigenvalue weighted by molar-refractivity contribution is -0.138. The van der Waals surface area contributed by atoms with Gasteiger partial charge in [-0.05, 0) is 41.8 Å². The van der Waals surface area contributed by atoms with E-state index >= 15 is 0 Å². The van der Waals surface area contributed by atoms with Crippen LogP contribution in [0.3, 0.4) is 0 Å². The second kappa shape index (κ2) is 8.12. The van der Waals surface area contributed by atoms with Crippen LogP contribution in [0.2, 0.25) is 0 Å². The number of hydrogen-bond donors (Lipinski definition) is 2. The van der Waals surface area contributed by atoms with Crippen LogP contribution in [0.1, 0.15) is 21.5 Å². The van der Waals surface area contributed by atoms with Crippen LogP contribution in [0.15, 0.2) is 48.5 Å². The Hall–Kier alpha value is -2.86. The third-order valence-corrected chi connectivity index (χ3v) is 3.45. The van der Waals surface area contributed by atoms with Gasteiger partial charge >= 0.3 is 11.9 Å². The van der Waals surface area contributed by atoms with Crippen LogP contribution in [0, 0.1) is 0 Å². The summed E-state index contributed by atoms with van der Waals surface area (Å²) in [6, 6.07) is 13.2. The molecular formula is C18H19NO5. The number of ether oxygens (including phenoxy) is 2. The summed E-state index contributed by atoms with van der Waals surface area (Å²) in [6.07, 6.45) is 0.261. The van der Waals surface area contributed by atoms with E-state index < -0.39 is 18.0 Å². The van der Waals surface area contributed by atoms with Gasteiger partial charge in [-0.15, -0.1) is 0 Å². The molecule has 0 aromatic heterocycles. The minimum absolute atomic E-state index is 0.261. The van der Waals surface area contributed by atoms with Gasteiger partial charge in [0.1, 0.15) is 18.4 Å². The zero-order valence-electron chi connectivity index (χ0n) is 13.3. The van der Waals surface area contributed by atoms with Gasteiger partial charge in [0.25, 0.3) is 0 Å². The zero-order valence-corrected chi connectivity index (χ0v) is 13.3. The van der Waals surface area contributed by atoms with Crippen LogP contribution in [-0.2, 0) is 22.6 Å². The molecule has 0 amide bonds. The predicted molar refractivity (Wildman–Crippen MR) is 87.9 cm³/mol. The quantitative estimate of drug-likeness (QED) is 0.754. The molecule has 0 radical (unpaired) electrons. The van der Waals surface area contributed by atoms with Gasteiger partial charge < -0.3 is 20.3 Å². The fourth-order valence-corrected chi connectivity index (χ4v) is 2.14. The number of aliphatic carboxylic acids is 1. The van der Waals surface area contributed by atoms with Crippen molar-refractivity contribution in [2.45, 2.75) is 19.1 Å². The number of carbonyl (C=O) groups is 2. The molecule has 0 aliphatic heterocycles. The summed E-state index contributed by atoms with van der Waals surface area (Å²) in [4.78, 5) is 22.2. The van der Waals surface area contributed by atoms with Crippen LogP contribution >= 0.6 is 0 Å². The van der Waals surface area contributed by atoms with Crippen molar-refractivity contribution in [2.75, 3.05) is 7.11 Å². The SMILES string of the molecule is COC(=O)c1cccc(COc2ccc(CC(N)C(=O)O)cc2)c1. The fourth-order valence-electron chi connectivity index (χ4n) is 2.14. The van der Waals surface area contributed by atoms with Crippen LogP contribution in [0.25, 0.3) is 0 Å². The molecule has 0 spiro atoms. The summed E-state index contributed by atoms with van der Waals surface area (Å²) in [6.45, 7) is 0.304. The van der Waals surface area contributed by atoms with Crippen molar-refractivity contribution >= 4 is 11.9 Å². The Bertz CT molecular complexity index is 712. The summed E-state index contributed by atoms with van der Waals surface area (Å²) in [7, 11) is 1.34. The summed E-state index contributed by atoms with van der Waals surface area (Å²) in [5.74, 6) is -0.775. The van der Waals surface area contributed by atoms with Crippen molar-refractivity contribution in [3.63, 3.8) is 0 Å². The molecule has 126 valence electrons. The van der Waals surface area contributed by atoms with Crippen molar-refractivity contribution in [1.29, 1.82) is 0 Å². The summed E-state index contributed by atoms with van der Waals surface area (Å²) in [5, 5.41) is 8.80. The third-order valence-electron chi connectivity index (χ3n) is 3.45. The van der Waals surface area contributed by atoms with Gasteiger partial charge in [0.05, 0.1) is 12.7 Å². The standard InChI is InChI=1S/C18H19NO5/c1-23-18(22)14-4-2-3-13(9-14)11-24-15-7-5-12(6-8-15)10-16(19)17(20)21/h2-9,16H,10-11,19H2,1H3,(H,20,21). The highest BCUT2D eigenvalue weighted by atomic mass is 16.5. The Morgan fingerprint density at radius 1 is 1.12 bits per heavy atom. The molecule has 0 bridgehead atoms. The first-order chi connectivity index (χ1) is 11.5. The normalized spacial score (nSPS) is 11.6. The molecule has 1 unspecified atom stereocenters. The number of methoxy groups -OCH3 is 1. The van der Waals surface area contributed by atoms with E-state index in [0.29, 0.717) is 17.9 Å². The summed E-state index contributed by atoms with van der Waals surface area (Å²) in [5.41, 5.74) is 7.64. The Kier molecular flexibility index (Phi) is 5.92. The lowest BCUT2D eigenvalue weighted by atomic mass is 10.1. The number of hydrogen-bond acceptors (Lipinski definition) is 5. The van der Waals surface area contributed by atoms with Crippen molar-refractivity contribution in [2.24, 2.45) is 5.73 Å². The molecule has 2 rings (SSSR count). The number of benzene rings is 2. The molecule has 6 heteroatoms. The summed E-state index contributed by atoms with van der Waals surface area (Å²) >= 11 is 0. The van der Waals surface area contributed by atoms with E-state index in [0.717, 1.165) is 11.1 Å². The molecule has 0 aliphatic carbocycles. The lowest BCUT2D eigenvalue weighted by Gasteiger charge is -2.09. The Labute approximate surface area is 139 Å². The van der Waals surface area contributed by atoms with E-state index in [1.807, 2.05) is 6.07 Å². The second-order valence-electron chi connectivity index (χ2n) is 5.27. The van der Waals surface area contributed by atoms with Gasteiger partial charge in [-0.3, -0.25) is 4.79 Å².